The number of hydrogen-bond donors (Lipinski definition) is 1. The average molecular weight is 322 g/mol. The van der Waals surface area contributed by atoms with Crippen molar-refractivity contribution in [1.82, 2.24) is 29.9 Å². The summed E-state index contributed by atoms with van der Waals surface area (Å²) in [4.78, 5) is 11.8. The van der Waals surface area contributed by atoms with Gasteiger partial charge in [-0.15, -0.1) is 10.2 Å². The third-order valence-corrected chi connectivity index (χ3v) is 4.24. The summed E-state index contributed by atoms with van der Waals surface area (Å²) < 4.78 is 3.67. The molecule has 2 aromatic rings. The van der Waals surface area contributed by atoms with Crippen LogP contribution in [0.4, 0.5) is 0 Å². The Hall–Kier alpha value is -1.83. The van der Waals surface area contributed by atoms with E-state index in [9.17, 15) is 4.79 Å². The second-order valence-corrected chi connectivity index (χ2v) is 6.59. The lowest BCUT2D eigenvalue weighted by Gasteiger charge is -2.07. The highest BCUT2D eigenvalue weighted by Gasteiger charge is 2.15. The summed E-state index contributed by atoms with van der Waals surface area (Å²) in [6.45, 7) is 6.81. The van der Waals surface area contributed by atoms with Gasteiger partial charge in [0.2, 0.25) is 5.91 Å². The van der Waals surface area contributed by atoms with Crippen LogP contribution in [0.15, 0.2) is 11.2 Å². The molecule has 0 spiro atoms. The van der Waals surface area contributed by atoms with E-state index in [-0.39, 0.29) is 5.91 Å². The van der Waals surface area contributed by atoms with Crippen LogP contribution in [0, 0.1) is 12.8 Å². The summed E-state index contributed by atoms with van der Waals surface area (Å²) in [6, 6.07) is 1.97. The van der Waals surface area contributed by atoms with Crippen molar-refractivity contribution in [2.75, 3.05) is 12.3 Å². The molecule has 0 aliphatic heterocycles. The minimum atomic E-state index is 0.0110. The van der Waals surface area contributed by atoms with Crippen LogP contribution in [0.2, 0.25) is 0 Å². The lowest BCUT2D eigenvalue weighted by molar-refractivity contribution is -0.118. The Balaban J connectivity index is 2.01. The highest BCUT2D eigenvalue weighted by atomic mass is 32.2. The predicted octanol–water partition coefficient (Wildman–Crippen LogP) is 1.39. The number of nitrogens with one attached hydrogen (secondary N) is 1. The molecule has 8 heteroatoms. The Morgan fingerprint density at radius 2 is 2.09 bits per heavy atom. The molecule has 2 heterocycles. The molecule has 0 atom stereocenters. The third kappa shape index (κ3) is 3.88. The van der Waals surface area contributed by atoms with Gasteiger partial charge in [-0.05, 0) is 18.9 Å². The number of aryl methyl sites for hydroxylation is 2. The highest BCUT2D eigenvalue weighted by Crippen LogP contribution is 2.21. The first-order valence-corrected chi connectivity index (χ1v) is 8.17. The van der Waals surface area contributed by atoms with Crippen molar-refractivity contribution in [2.45, 2.75) is 25.9 Å². The molecule has 0 saturated heterocycles. The Morgan fingerprint density at radius 1 is 1.36 bits per heavy atom. The van der Waals surface area contributed by atoms with Crippen LogP contribution < -0.4 is 5.32 Å². The van der Waals surface area contributed by atoms with Crippen molar-refractivity contribution in [1.29, 1.82) is 0 Å². The van der Waals surface area contributed by atoms with Gasteiger partial charge in [-0.2, -0.15) is 5.10 Å². The van der Waals surface area contributed by atoms with Crippen molar-refractivity contribution in [2.24, 2.45) is 20.0 Å². The van der Waals surface area contributed by atoms with Crippen LogP contribution in [0.5, 0.6) is 0 Å². The molecule has 0 saturated carbocycles. The Morgan fingerprint density at radius 3 is 2.68 bits per heavy atom. The number of carbonyl (C=O) groups is 1. The molecule has 0 aliphatic rings. The van der Waals surface area contributed by atoms with E-state index in [4.69, 9.17) is 0 Å². The van der Waals surface area contributed by atoms with Crippen LogP contribution in [0.3, 0.4) is 0 Å². The summed E-state index contributed by atoms with van der Waals surface area (Å²) in [5, 5.41) is 16.3. The molecule has 1 N–H and O–H groups in total. The van der Waals surface area contributed by atoms with Gasteiger partial charge in [-0.25, -0.2) is 0 Å². The smallest absolute Gasteiger partial charge is 0.230 e. The lowest BCUT2D eigenvalue weighted by Crippen LogP contribution is -2.28. The lowest BCUT2D eigenvalue weighted by atomic mass is 10.2. The van der Waals surface area contributed by atoms with E-state index in [0.717, 1.165) is 11.4 Å². The Labute approximate surface area is 134 Å². The van der Waals surface area contributed by atoms with E-state index in [1.165, 1.54) is 11.8 Å². The average Bonchev–Trinajstić information content (AvgIpc) is 2.98. The van der Waals surface area contributed by atoms with Crippen LogP contribution in [0.1, 0.15) is 19.5 Å². The van der Waals surface area contributed by atoms with Crippen molar-refractivity contribution in [3.05, 3.63) is 11.8 Å². The third-order valence-electron chi connectivity index (χ3n) is 3.22. The molecular formula is C14H22N6OS. The molecule has 120 valence electrons. The number of hydrogen-bond acceptors (Lipinski definition) is 5. The van der Waals surface area contributed by atoms with Gasteiger partial charge in [0, 0.05) is 26.3 Å². The first-order chi connectivity index (χ1) is 10.4. The number of thioether (sulfide) groups is 1. The molecule has 0 radical (unpaired) electrons. The minimum Gasteiger partial charge on any atom is -0.355 e. The van der Waals surface area contributed by atoms with Gasteiger partial charge in [0.25, 0.3) is 0 Å². The summed E-state index contributed by atoms with van der Waals surface area (Å²) in [5.74, 6) is 1.49. The number of rotatable bonds is 6. The van der Waals surface area contributed by atoms with Gasteiger partial charge in [0.15, 0.2) is 11.0 Å². The summed E-state index contributed by atoms with van der Waals surface area (Å²) in [6.07, 6.45) is 0. The maximum absolute atomic E-state index is 11.8. The van der Waals surface area contributed by atoms with Crippen molar-refractivity contribution < 1.29 is 4.79 Å². The molecule has 7 nitrogen and oxygen atoms in total. The SMILES string of the molecule is Cc1cc(-c2nnc(SCC(=O)NCC(C)C)n2C)nn1C. The number of aromatic nitrogens is 5. The fourth-order valence-electron chi connectivity index (χ4n) is 1.83. The fourth-order valence-corrected chi connectivity index (χ4v) is 2.57. The fraction of sp³-hybridized carbons (Fsp3) is 0.571. The van der Waals surface area contributed by atoms with E-state index < -0.39 is 0 Å². The standard InChI is InChI=1S/C14H22N6OS/c1-9(2)7-15-12(21)8-22-14-17-16-13(19(14)4)11-6-10(3)20(5)18-11/h6,9H,7-8H2,1-5H3,(H,15,21). The van der Waals surface area contributed by atoms with E-state index in [1.807, 2.05) is 31.7 Å². The number of carbonyl (C=O) groups excluding carboxylic acids is 1. The largest absolute Gasteiger partial charge is 0.355 e. The molecular weight excluding hydrogens is 300 g/mol. The predicted molar refractivity (Wildman–Crippen MR) is 86.5 cm³/mol. The van der Waals surface area contributed by atoms with Crippen LogP contribution in [-0.4, -0.2) is 42.7 Å². The van der Waals surface area contributed by atoms with Crippen LogP contribution in [0.25, 0.3) is 11.5 Å². The van der Waals surface area contributed by atoms with Gasteiger partial charge >= 0.3 is 0 Å². The van der Waals surface area contributed by atoms with Gasteiger partial charge in [0.05, 0.1) is 5.75 Å². The summed E-state index contributed by atoms with van der Waals surface area (Å²) in [5.41, 5.74) is 1.84. The minimum absolute atomic E-state index is 0.0110. The zero-order valence-corrected chi connectivity index (χ0v) is 14.4. The van der Waals surface area contributed by atoms with Gasteiger partial charge in [-0.3, -0.25) is 9.48 Å². The van der Waals surface area contributed by atoms with E-state index in [2.05, 4.69) is 34.5 Å². The molecule has 0 bridgehead atoms. The van der Waals surface area contributed by atoms with Gasteiger partial charge in [0.1, 0.15) is 5.69 Å². The zero-order valence-electron chi connectivity index (χ0n) is 13.6. The molecule has 0 fully saturated rings. The summed E-state index contributed by atoms with van der Waals surface area (Å²) in [7, 11) is 3.78. The van der Waals surface area contributed by atoms with Crippen molar-refractivity contribution in [3.8, 4) is 11.5 Å². The number of amides is 1. The zero-order chi connectivity index (χ0) is 16.3. The second-order valence-electron chi connectivity index (χ2n) is 5.65. The maximum Gasteiger partial charge on any atom is 0.230 e. The second kappa shape index (κ2) is 6.95. The quantitative estimate of drug-likeness (QED) is 0.813. The van der Waals surface area contributed by atoms with Gasteiger partial charge < -0.3 is 9.88 Å². The summed E-state index contributed by atoms with van der Waals surface area (Å²) >= 11 is 1.38. The highest BCUT2D eigenvalue weighted by molar-refractivity contribution is 7.99. The number of nitrogens with zero attached hydrogens (tertiary/aromatic N) is 5. The van der Waals surface area contributed by atoms with Crippen molar-refractivity contribution in [3.63, 3.8) is 0 Å². The topological polar surface area (TPSA) is 77.6 Å². The molecule has 1 amide bonds. The molecule has 2 rings (SSSR count). The van der Waals surface area contributed by atoms with E-state index >= 15 is 0 Å². The Kier molecular flexibility index (Phi) is 5.23. The molecule has 0 unspecified atom stereocenters. The van der Waals surface area contributed by atoms with Crippen molar-refractivity contribution >= 4 is 17.7 Å². The Bertz CT molecular complexity index is 641. The first-order valence-electron chi connectivity index (χ1n) is 7.18. The van der Waals surface area contributed by atoms with E-state index in [0.29, 0.717) is 29.2 Å². The molecule has 0 aliphatic carbocycles. The van der Waals surface area contributed by atoms with E-state index in [1.54, 1.807) is 4.68 Å². The normalized spacial score (nSPS) is 11.2. The molecule has 22 heavy (non-hydrogen) atoms. The molecule has 0 aromatic carbocycles. The van der Waals surface area contributed by atoms with Gasteiger partial charge in [-0.1, -0.05) is 25.6 Å². The maximum atomic E-state index is 11.8. The van der Waals surface area contributed by atoms with Crippen LogP contribution in [-0.2, 0) is 18.9 Å². The monoisotopic (exact) mass is 322 g/mol. The first kappa shape index (κ1) is 16.5. The van der Waals surface area contributed by atoms with Crippen LogP contribution >= 0.6 is 11.8 Å². The molecule has 2 aromatic heterocycles.